The van der Waals surface area contributed by atoms with Gasteiger partial charge in [0.2, 0.25) is 11.5 Å². The summed E-state index contributed by atoms with van der Waals surface area (Å²) in [7, 11) is 1.61. The number of amides is 2. The van der Waals surface area contributed by atoms with E-state index >= 15 is 0 Å². The lowest BCUT2D eigenvalue weighted by Gasteiger charge is -2.29. The number of aryl methyl sites for hydroxylation is 2. The molecule has 1 aliphatic heterocycles. The summed E-state index contributed by atoms with van der Waals surface area (Å²) in [6.07, 6.45) is 3.58. The minimum absolute atomic E-state index is 0.149. The Labute approximate surface area is 146 Å². The van der Waals surface area contributed by atoms with Crippen LogP contribution in [0.2, 0.25) is 0 Å². The van der Waals surface area contributed by atoms with Crippen molar-refractivity contribution in [2.45, 2.75) is 26.2 Å². The third-order valence-electron chi connectivity index (χ3n) is 4.33. The van der Waals surface area contributed by atoms with Crippen molar-refractivity contribution in [1.29, 1.82) is 0 Å². The van der Waals surface area contributed by atoms with E-state index in [1.807, 2.05) is 24.0 Å². The maximum absolute atomic E-state index is 12.4. The van der Waals surface area contributed by atoms with Crippen LogP contribution in [0.15, 0.2) is 41.3 Å². The molecule has 0 atom stereocenters. The van der Waals surface area contributed by atoms with Gasteiger partial charge in [-0.3, -0.25) is 14.4 Å². The monoisotopic (exact) mass is 339 g/mol. The lowest BCUT2D eigenvalue weighted by Crippen LogP contribution is -2.35. The molecule has 0 unspecified atom stereocenters. The number of nitrogens with zero attached hydrogens (tertiary/aromatic N) is 2. The lowest BCUT2D eigenvalue weighted by molar-refractivity contribution is -0.118. The van der Waals surface area contributed by atoms with Gasteiger partial charge in [-0.25, -0.2) is 0 Å². The average Bonchev–Trinajstić information content (AvgIpc) is 2.60. The number of fused-ring (bicyclic) bond motifs is 1. The molecule has 3 rings (SSSR count). The fourth-order valence-corrected chi connectivity index (χ4v) is 3.04. The molecule has 6 nitrogen and oxygen atoms in total. The summed E-state index contributed by atoms with van der Waals surface area (Å²) in [5.41, 5.74) is 2.93. The predicted molar refractivity (Wildman–Crippen MR) is 97.0 cm³/mol. The van der Waals surface area contributed by atoms with Crippen LogP contribution >= 0.6 is 0 Å². The van der Waals surface area contributed by atoms with E-state index in [1.165, 1.54) is 22.9 Å². The minimum Gasteiger partial charge on any atom is -0.322 e. The largest absolute Gasteiger partial charge is 0.322 e. The molecule has 1 aromatic carbocycles. The van der Waals surface area contributed by atoms with Crippen LogP contribution in [0.4, 0.5) is 11.4 Å². The highest BCUT2D eigenvalue weighted by molar-refractivity contribution is 6.04. The van der Waals surface area contributed by atoms with Gasteiger partial charge in [0.1, 0.15) is 0 Å². The van der Waals surface area contributed by atoms with Crippen molar-refractivity contribution in [2.24, 2.45) is 7.05 Å². The standard InChI is InChI=1S/C19H21N3O3/c1-3-10-22-16-7-6-15(11-13(16)4-9-18(22)24)20-19(25)14-5-8-17(23)21(2)12-14/h5-8,11-12H,3-4,9-10H2,1-2H3,(H,20,25). The van der Waals surface area contributed by atoms with Gasteiger partial charge in [0.15, 0.2) is 0 Å². The van der Waals surface area contributed by atoms with Gasteiger partial charge in [-0.05, 0) is 42.7 Å². The molecule has 1 aromatic heterocycles. The first kappa shape index (κ1) is 17.0. The lowest BCUT2D eigenvalue weighted by atomic mass is 10.00. The summed E-state index contributed by atoms with van der Waals surface area (Å²) in [4.78, 5) is 37.7. The topological polar surface area (TPSA) is 71.4 Å². The quantitative estimate of drug-likeness (QED) is 0.929. The molecule has 0 saturated carbocycles. The number of nitrogens with one attached hydrogen (secondary N) is 1. The second-order valence-corrected chi connectivity index (χ2v) is 6.21. The number of rotatable bonds is 4. The molecule has 0 aliphatic carbocycles. The number of pyridine rings is 1. The zero-order valence-corrected chi connectivity index (χ0v) is 14.4. The Morgan fingerprint density at radius 2 is 1.96 bits per heavy atom. The highest BCUT2D eigenvalue weighted by Crippen LogP contribution is 2.30. The van der Waals surface area contributed by atoms with Crippen LogP contribution in [-0.4, -0.2) is 22.9 Å². The van der Waals surface area contributed by atoms with Gasteiger partial charge < -0.3 is 14.8 Å². The molecule has 0 radical (unpaired) electrons. The number of aromatic nitrogens is 1. The molecular formula is C19H21N3O3. The average molecular weight is 339 g/mol. The Morgan fingerprint density at radius 3 is 2.68 bits per heavy atom. The van der Waals surface area contributed by atoms with Crippen molar-refractivity contribution < 1.29 is 9.59 Å². The number of anilines is 2. The van der Waals surface area contributed by atoms with Crippen LogP contribution in [0.25, 0.3) is 0 Å². The van der Waals surface area contributed by atoms with Crippen molar-refractivity contribution in [1.82, 2.24) is 4.57 Å². The van der Waals surface area contributed by atoms with E-state index in [-0.39, 0.29) is 17.4 Å². The molecule has 2 amide bonds. The zero-order chi connectivity index (χ0) is 18.0. The second kappa shape index (κ2) is 6.93. The van der Waals surface area contributed by atoms with Crippen LogP contribution in [0.5, 0.6) is 0 Å². The van der Waals surface area contributed by atoms with Gasteiger partial charge in [-0.15, -0.1) is 0 Å². The van der Waals surface area contributed by atoms with Crippen LogP contribution in [0.3, 0.4) is 0 Å². The molecule has 0 saturated heterocycles. The van der Waals surface area contributed by atoms with Gasteiger partial charge in [0.05, 0.1) is 5.56 Å². The fraction of sp³-hybridized carbons (Fsp3) is 0.316. The van der Waals surface area contributed by atoms with Crippen molar-refractivity contribution in [3.63, 3.8) is 0 Å². The molecule has 25 heavy (non-hydrogen) atoms. The molecule has 6 heteroatoms. The van der Waals surface area contributed by atoms with Crippen molar-refractivity contribution in [3.8, 4) is 0 Å². The number of hydrogen-bond acceptors (Lipinski definition) is 3. The third kappa shape index (κ3) is 3.47. The normalized spacial score (nSPS) is 13.5. The summed E-state index contributed by atoms with van der Waals surface area (Å²) in [6.45, 7) is 2.75. The smallest absolute Gasteiger partial charge is 0.257 e. The Balaban J connectivity index is 1.82. The van der Waals surface area contributed by atoms with E-state index in [9.17, 15) is 14.4 Å². The number of hydrogen-bond donors (Lipinski definition) is 1. The molecule has 0 fully saturated rings. The van der Waals surface area contributed by atoms with Gasteiger partial charge in [0, 0.05) is 43.7 Å². The molecule has 0 bridgehead atoms. The van der Waals surface area contributed by atoms with Gasteiger partial charge in [-0.2, -0.15) is 0 Å². The van der Waals surface area contributed by atoms with Gasteiger partial charge >= 0.3 is 0 Å². The fourth-order valence-electron chi connectivity index (χ4n) is 3.04. The molecule has 130 valence electrons. The van der Waals surface area contributed by atoms with Crippen molar-refractivity contribution in [2.75, 3.05) is 16.8 Å². The second-order valence-electron chi connectivity index (χ2n) is 6.21. The summed E-state index contributed by atoms with van der Waals surface area (Å²) in [6, 6.07) is 8.50. The molecule has 0 spiro atoms. The van der Waals surface area contributed by atoms with Gasteiger partial charge in [0.25, 0.3) is 5.91 Å². The molecule has 2 aromatic rings. The van der Waals surface area contributed by atoms with E-state index in [1.54, 1.807) is 13.1 Å². The molecule has 1 aliphatic rings. The Morgan fingerprint density at radius 1 is 1.16 bits per heavy atom. The molecule has 2 heterocycles. The van der Waals surface area contributed by atoms with Crippen LogP contribution in [0.1, 0.15) is 35.7 Å². The minimum atomic E-state index is -0.271. The van der Waals surface area contributed by atoms with Crippen molar-refractivity contribution in [3.05, 3.63) is 58.0 Å². The van der Waals surface area contributed by atoms with E-state index in [0.29, 0.717) is 30.6 Å². The van der Waals surface area contributed by atoms with Crippen LogP contribution < -0.4 is 15.8 Å². The zero-order valence-electron chi connectivity index (χ0n) is 14.4. The van der Waals surface area contributed by atoms with Gasteiger partial charge in [-0.1, -0.05) is 6.92 Å². The highest BCUT2D eigenvalue weighted by atomic mass is 16.2. The number of carbonyl (C=O) groups is 2. The first-order chi connectivity index (χ1) is 12.0. The third-order valence-corrected chi connectivity index (χ3v) is 4.33. The Hall–Kier alpha value is -2.89. The van der Waals surface area contributed by atoms with E-state index < -0.39 is 0 Å². The molecular weight excluding hydrogens is 318 g/mol. The number of carbonyl (C=O) groups excluding carboxylic acids is 2. The summed E-state index contributed by atoms with van der Waals surface area (Å²) < 4.78 is 1.37. The van der Waals surface area contributed by atoms with E-state index in [0.717, 1.165) is 17.7 Å². The van der Waals surface area contributed by atoms with Crippen LogP contribution in [-0.2, 0) is 18.3 Å². The highest BCUT2D eigenvalue weighted by Gasteiger charge is 2.23. The SMILES string of the molecule is CCCN1C(=O)CCc2cc(NC(=O)c3ccc(=O)n(C)c3)ccc21. The summed E-state index contributed by atoms with van der Waals surface area (Å²) in [5.74, 6) is -0.121. The van der Waals surface area contributed by atoms with E-state index in [2.05, 4.69) is 5.32 Å². The number of benzene rings is 1. The Kier molecular flexibility index (Phi) is 4.70. The summed E-state index contributed by atoms with van der Waals surface area (Å²) in [5, 5.41) is 2.86. The summed E-state index contributed by atoms with van der Waals surface area (Å²) >= 11 is 0. The van der Waals surface area contributed by atoms with E-state index in [4.69, 9.17) is 0 Å². The predicted octanol–water partition coefficient (Wildman–Crippen LogP) is 2.33. The molecule has 1 N–H and O–H groups in total. The van der Waals surface area contributed by atoms with Crippen molar-refractivity contribution >= 4 is 23.2 Å². The maximum atomic E-state index is 12.4. The van der Waals surface area contributed by atoms with Crippen LogP contribution in [0, 0.1) is 0 Å². The Bertz CT molecular complexity index is 886. The first-order valence-corrected chi connectivity index (χ1v) is 8.41. The first-order valence-electron chi connectivity index (χ1n) is 8.41. The maximum Gasteiger partial charge on any atom is 0.257 e.